The van der Waals surface area contributed by atoms with Crippen molar-refractivity contribution in [1.82, 2.24) is 24.6 Å². The van der Waals surface area contributed by atoms with E-state index in [0.29, 0.717) is 25.3 Å². The molecule has 1 amide bonds. The Kier molecular flexibility index (Phi) is 4.94. The third kappa shape index (κ3) is 3.60. The van der Waals surface area contributed by atoms with Gasteiger partial charge in [0.2, 0.25) is 0 Å². The van der Waals surface area contributed by atoms with E-state index in [1.807, 2.05) is 43.0 Å². The number of aromatic nitrogens is 4. The van der Waals surface area contributed by atoms with Gasteiger partial charge in [0, 0.05) is 19.7 Å². The van der Waals surface area contributed by atoms with Crippen LogP contribution in [0, 0.1) is 6.92 Å². The molecule has 4 rings (SSSR count). The normalized spacial score (nSPS) is 16.9. The van der Waals surface area contributed by atoms with E-state index in [-0.39, 0.29) is 12.0 Å². The summed E-state index contributed by atoms with van der Waals surface area (Å²) in [5.41, 5.74) is 3.38. The molecular formula is C20H25N5O2. The van der Waals surface area contributed by atoms with Gasteiger partial charge in [0.25, 0.3) is 5.91 Å². The smallest absolute Gasteiger partial charge is 0.274 e. The number of ether oxygens (including phenoxy) is 1. The number of nitrogens with one attached hydrogen (secondary N) is 1. The minimum absolute atomic E-state index is 0.0530. The number of fused-ring (bicyclic) bond motifs is 1. The van der Waals surface area contributed by atoms with Gasteiger partial charge in [0.15, 0.2) is 0 Å². The Morgan fingerprint density at radius 3 is 3.04 bits per heavy atom. The SMILES string of the molecule is CCN(C[C@H]1CCCO1)C(=O)c1cc(Cn2c(C)nc3ccccc32)[nH]n1. The Morgan fingerprint density at radius 2 is 2.26 bits per heavy atom. The van der Waals surface area contributed by atoms with Crippen LogP contribution in [0.3, 0.4) is 0 Å². The van der Waals surface area contributed by atoms with Crippen LogP contribution in [0.1, 0.15) is 41.8 Å². The van der Waals surface area contributed by atoms with Crippen molar-refractivity contribution in [3.05, 3.63) is 47.5 Å². The molecule has 1 aromatic carbocycles. The highest BCUT2D eigenvalue weighted by molar-refractivity contribution is 5.92. The lowest BCUT2D eigenvalue weighted by Gasteiger charge is -2.23. The molecule has 1 atom stereocenters. The summed E-state index contributed by atoms with van der Waals surface area (Å²) >= 11 is 0. The van der Waals surface area contributed by atoms with Crippen LogP contribution in [0.2, 0.25) is 0 Å². The Morgan fingerprint density at radius 1 is 1.41 bits per heavy atom. The summed E-state index contributed by atoms with van der Waals surface area (Å²) in [4.78, 5) is 19.2. The summed E-state index contributed by atoms with van der Waals surface area (Å²) < 4.78 is 7.79. The number of carbonyl (C=O) groups is 1. The molecule has 3 aromatic rings. The highest BCUT2D eigenvalue weighted by Crippen LogP contribution is 2.18. The first-order valence-electron chi connectivity index (χ1n) is 9.52. The maximum absolute atomic E-state index is 12.8. The molecule has 1 fully saturated rings. The van der Waals surface area contributed by atoms with Gasteiger partial charge < -0.3 is 14.2 Å². The van der Waals surface area contributed by atoms with Gasteiger partial charge in [0.1, 0.15) is 11.5 Å². The summed E-state index contributed by atoms with van der Waals surface area (Å²) in [7, 11) is 0. The minimum Gasteiger partial charge on any atom is -0.376 e. The van der Waals surface area contributed by atoms with E-state index in [1.165, 1.54) is 0 Å². The van der Waals surface area contributed by atoms with Crippen LogP contribution in [0.5, 0.6) is 0 Å². The van der Waals surface area contributed by atoms with E-state index in [1.54, 1.807) is 0 Å². The number of H-pyrrole nitrogens is 1. The number of hydrogen-bond acceptors (Lipinski definition) is 4. The van der Waals surface area contributed by atoms with Gasteiger partial charge in [-0.15, -0.1) is 0 Å². The minimum atomic E-state index is -0.0530. The third-order valence-corrected chi connectivity index (χ3v) is 5.14. The first-order chi connectivity index (χ1) is 13.2. The first kappa shape index (κ1) is 17.7. The molecule has 1 saturated heterocycles. The average molecular weight is 367 g/mol. The zero-order chi connectivity index (χ0) is 18.8. The Bertz CT molecular complexity index is 939. The molecule has 27 heavy (non-hydrogen) atoms. The first-order valence-corrected chi connectivity index (χ1v) is 9.52. The van der Waals surface area contributed by atoms with Crippen molar-refractivity contribution in [2.24, 2.45) is 0 Å². The number of benzene rings is 1. The number of nitrogens with zero attached hydrogens (tertiary/aromatic N) is 4. The van der Waals surface area contributed by atoms with E-state index in [9.17, 15) is 4.79 Å². The Balaban J connectivity index is 1.50. The summed E-state index contributed by atoms with van der Waals surface area (Å²) in [6, 6.07) is 9.89. The van der Waals surface area contributed by atoms with Crippen LogP contribution in [0.4, 0.5) is 0 Å². The number of para-hydroxylation sites is 2. The second-order valence-corrected chi connectivity index (χ2v) is 6.99. The van der Waals surface area contributed by atoms with E-state index in [0.717, 1.165) is 42.0 Å². The largest absolute Gasteiger partial charge is 0.376 e. The molecule has 1 aliphatic rings. The number of hydrogen-bond donors (Lipinski definition) is 1. The van der Waals surface area contributed by atoms with Gasteiger partial charge in [-0.1, -0.05) is 12.1 Å². The highest BCUT2D eigenvalue weighted by atomic mass is 16.5. The van der Waals surface area contributed by atoms with Crippen molar-refractivity contribution in [2.45, 2.75) is 39.3 Å². The van der Waals surface area contributed by atoms with Gasteiger partial charge >= 0.3 is 0 Å². The summed E-state index contributed by atoms with van der Waals surface area (Å²) in [6.45, 7) is 6.64. The number of carbonyl (C=O) groups excluding carboxylic acids is 1. The molecular weight excluding hydrogens is 342 g/mol. The molecule has 0 aliphatic carbocycles. The molecule has 2 aromatic heterocycles. The predicted octanol–water partition coefficient (Wildman–Crippen LogP) is 2.76. The maximum atomic E-state index is 12.8. The topological polar surface area (TPSA) is 76.0 Å². The Labute approximate surface area is 158 Å². The lowest BCUT2D eigenvalue weighted by molar-refractivity contribution is 0.0535. The van der Waals surface area contributed by atoms with Crippen molar-refractivity contribution >= 4 is 16.9 Å². The second kappa shape index (κ2) is 7.52. The number of aryl methyl sites for hydroxylation is 1. The number of aromatic amines is 1. The van der Waals surface area contributed by atoms with Crippen molar-refractivity contribution < 1.29 is 9.53 Å². The standard InChI is InChI=1S/C20H25N5O2/c1-3-24(13-16-7-6-10-27-16)20(26)18-11-15(22-23-18)12-25-14(2)21-17-8-4-5-9-19(17)25/h4-5,8-9,11,16H,3,6-7,10,12-13H2,1-2H3,(H,22,23)/t16-/m1/s1. The zero-order valence-electron chi connectivity index (χ0n) is 15.8. The monoisotopic (exact) mass is 367 g/mol. The zero-order valence-corrected chi connectivity index (χ0v) is 15.8. The van der Waals surface area contributed by atoms with Crippen molar-refractivity contribution in [2.75, 3.05) is 19.7 Å². The van der Waals surface area contributed by atoms with E-state index in [4.69, 9.17) is 4.74 Å². The highest BCUT2D eigenvalue weighted by Gasteiger charge is 2.24. The van der Waals surface area contributed by atoms with Crippen LogP contribution in [-0.4, -0.2) is 56.4 Å². The number of amides is 1. The van der Waals surface area contributed by atoms with Crippen LogP contribution < -0.4 is 0 Å². The quantitative estimate of drug-likeness (QED) is 0.727. The summed E-state index contributed by atoms with van der Waals surface area (Å²) in [6.07, 6.45) is 2.23. The fraction of sp³-hybridized carbons (Fsp3) is 0.450. The maximum Gasteiger partial charge on any atom is 0.274 e. The summed E-state index contributed by atoms with van der Waals surface area (Å²) in [5.74, 6) is 0.884. The van der Waals surface area contributed by atoms with E-state index >= 15 is 0 Å². The van der Waals surface area contributed by atoms with Crippen molar-refractivity contribution in [1.29, 1.82) is 0 Å². The Hall–Kier alpha value is -2.67. The lowest BCUT2D eigenvalue weighted by Crippen LogP contribution is -2.37. The van der Waals surface area contributed by atoms with E-state index in [2.05, 4.69) is 25.8 Å². The molecule has 7 heteroatoms. The molecule has 3 heterocycles. The molecule has 0 bridgehead atoms. The van der Waals surface area contributed by atoms with Crippen LogP contribution >= 0.6 is 0 Å². The predicted molar refractivity (Wildman–Crippen MR) is 103 cm³/mol. The molecule has 0 saturated carbocycles. The van der Waals surface area contributed by atoms with Crippen LogP contribution in [0.25, 0.3) is 11.0 Å². The summed E-state index contributed by atoms with van der Waals surface area (Å²) in [5, 5.41) is 7.27. The fourth-order valence-corrected chi connectivity index (χ4v) is 3.67. The average Bonchev–Trinajstić information content (AvgIpc) is 3.41. The molecule has 0 unspecified atom stereocenters. The van der Waals surface area contributed by atoms with Gasteiger partial charge in [-0.3, -0.25) is 9.89 Å². The van der Waals surface area contributed by atoms with Crippen molar-refractivity contribution in [3.8, 4) is 0 Å². The van der Waals surface area contributed by atoms with Gasteiger partial charge in [-0.2, -0.15) is 5.10 Å². The molecule has 0 spiro atoms. The van der Waals surface area contributed by atoms with Gasteiger partial charge in [-0.25, -0.2) is 4.98 Å². The third-order valence-electron chi connectivity index (χ3n) is 5.14. The van der Waals surface area contributed by atoms with Crippen LogP contribution in [0.15, 0.2) is 30.3 Å². The van der Waals surface area contributed by atoms with Gasteiger partial charge in [0.05, 0.1) is 29.4 Å². The fourth-order valence-electron chi connectivity index (χ4n) is 3.67. The number of likely N-dealkylation sites (N-methyl/N-ethyl adjacent to an activating group) is 1. The van der Waals surface area contributed by atoms with E-state index < -0.39 is 0 Å². The second-order valence-electron chi connectivity index (χ2n) is 6.99. The van der Waals surface area contributed by atoms with Gasteiger partial charge in [-0.05, 0) is 44.9 Å². The van der Waals surface area contributed by atoms with Crippen LogP contribution in [-0.2, 0) is 11.3 Å². The molecule has 142 valence electrons. The number of rotatable bonds is 6. The molecule has 1 aliphatic heterocycles. The molecule has 1 N–H and O–H groups in total. The molecule has 0 radical (unpaired) electrons. The number of imidazole rings is 1. The lowest BCUT2D eigenvalue weighted by atomic mass is 10.2. The van der Waals surface area contributed by atoms with Crippen molar-refractivity contribution in [3.63, 3.8) is 0 Å². The molecule has 7 nitrogen and oxygen atoms in total.